The van der Waals surface area contributed by atoms with Gasteiger partial charge in [0.25, 0.3) is 5.91 Å². The number of nitrogens with zero attached hydrogens (tertiary/aromatic N) is 2. The van der Waals surface area contributed by atoms with Gasteiger partial charge in [0, 0.05) is 5.56 Å². The third kappa shape index (κ3) is 2.93. The molecule has 0 aliphatic carbocycles. The molecule has 0 aliphatic heterocycles. The van der Waals surface area contributed by atoms with E-state index in [1.54, 1.807) is 23.1 Å². The Bertz CT molecular complexity index is 795. The van der Waals surface area contributed by atoms with Crippen LogP contribution in [0.3, 0.4) is 0 Å². The molecule has 22 heavy (non-hydrogen) atoms. The van der Waals surface area contributed by atoms with Crippen LogP contribution in [0, 0.1) is 0 Å². The van der Waals surface area contributed by atoms with Crippen LogP contribution in [0.25, 0.3) is 11.0 Å². The van der Waals surface area contributed by atoms with Gasteiger partial charge < -0.3 is 4.74 Å². The summed E-state index contributed by atoms with van der Waals surface area (Å²) in [5.41, 5.74) is 5.06. The Morgan fingerprint density at radius 3 is 2.95 bits per heavy atom. The standard InChI is InChI=1S/C17H17N3O2/c1-2-10-22-14-7-5-6-13(11-14)17(21)19-20-12-18-15-8-3-4-9-16(15)20/h3-9,11-12H,2,10H2,1H3,(H,19,21). The Labute approximate surface area is 128 Å². The summed E-state index contributed by atoms with van der Waals surface area (Å²) in [7, 11) is 0. The van der Waals surface area contributed by atoms with Gasteiger partial charge in [0.05, 0.1) is 17.6 Å². The monoisotopic (exact) mass is 295 g/mol. The van der Waals surface area contributed by atoms with E-state index >= 15 is 0 Å². The number of carbonyl (C=O) groups is 1. The number of imidazole rings is 1. The molecule has 0 fully saturated rings. The molecular weight excluding hydrogens is 278 g/mol. The number of aromatic nitrogens is 2. The second-order valence-corrected chi connectivity index (χ2v) is 4.92. The van der Waals surface area contributed by atoms with Crippen LogP contribution < -0.4 is 10.2 Å². The van der Waals surface area contributed by atoms with Crippen LogP contribution in [0.1, 0.15) is 23.7 Å². The molecule has 0 bridgehead atoms. The molecule has 1 amide bonds. The summed E-state index contributed by atoms with van der Waals surface area (Å²) < 4.78 is 7.17. The van der Waals surface area contributed by atoms with Gasteiger partial charge in [0.15, 0.2) is 0 Å². The highest BCUT2D eigenvalue weighted by molar-refractivity contribution is 6.01. The highest BCUT2D eigenvalue weighted by Gasteiger charge is 2.09. The number of fused-ring (bicyclic) bond motifs is 1. The summed E-state index contributed by atoms with van der Waals surface area (Å²) in [6.07, 6.45) is 2.53. The van der Waals surface area contributed by atoms with E-state index in [1.807, 2.05) is 43.3 Å². The minimum Gasteiger partial charge on any atom is -0.494 e. The lowest BCUT2D eigenvalue weighted by molar-refractivity contribution is 0.101. The molecule has 3 rings (SSSR count). The largest absolute Gasteiger partial charge is 0.494 e. The lowest BCUT2D eigenvalue weighted by Gasteiger charge is -2.09. The Morgan fingerprint density at radius 2 is 2.09 bits per heavy atom. The lowest BCUT2D eigenvalue weighted by atomic mass is 10.2. The summed E-state index contributed by atoms with van der Waals surface area (Å²) in [5, 5.41) is 0. The Hall–Kier alpha value is -2.82. The average Bonchev–Trinajstić information content (AvgIpc) is 2.96. The van der Waals surface area contributed by atoms with Crippen molar-refractivity contribution in [1.82, 2.24) is 9.66 Å². The fraction of sp³-hybridized carbons (Fsp3) is 0.176. The Balaban J connectivity index is 1.79. The van der Waals surface area contributed by atoms with Crippen LogP contribution >= 0.6 is 0 Å². The molecule has 1 N–H and O–H groups in total. The minimum atomic E-state index is -0.204. The summed E-state index contributed by atoms with van der Waals surface area (Å²) >= 11 is 0. The zero-order chi connectivity index (χ0) is 15.4. The summed E-state index contributed by atoms with van der Waals surface area (Å²) in [5.74, 6) is 0.495. The van der Waals surface area contributed by atoms with E-state index in [0.29, 0.717) is 17.9 Å². The quantitative estimate of drug-likeness (QED) is 0.786. The van der Waals surface area contributed by atoms with E-state index in [1.165, 1.54) is 0 Å². The molecule has 1 aromatic heterocycles. The van der Waals surface area contributed by atoms with E-state index in [0.717, 1.165) is 17.5 Å². The first-order valence-electron chi connectivity index (χ1n) is 7.24. The van der Waals surface area contributed by atoms with Crippen LogP contribution in [0.4, 0.5) is 0 Å². The van der Waals surface area contributed by atoms with Crippen LogP contribution in [0.2, 0.25) is 0 Å². The number of nitrogens with one attached hydrogen (secondary N) is 1. The second kappa shape index (κ2) is 6.30. The van der Waals surface area contributed by atoms with Crippen molar-refractivity contribution in [1.29, 1.82) is 0 Å². The van der Waals surface area contributed by atoms with E-state index in [4.69, 9.17) is 4.74 Å². The van der Waals surface area contributed by atoms with Gasteiger partial charge in [-0.05, 0) is 36.8 Å². The van der Waals surface area contributed by atoms with E-state index in [2.05, 4.69) is 10.4 Å². The van der Waals surface area contributed by atoms with Crippen molar-refractivity contribution in [3.8, 4) is 5.75 Å². The first kappa shape index (κ1) is 14.1. The van der Waals surface area contributed by atoms with Gasteiger partial charge in [-0.1, -0.05) is 25.1 Å². The predicted octanol–water partition coefficient (Wildman–Crippen LogP) is 3.21. The van der Waals surface area contributed by atoms with Crippen molar-refractivity contribution < 1.29 is 9.53 Å². The van der Waals surface area contributed by atoms with Crippen molar-refractivity contribution >= 4 is 16.9 Å². The maximum atomic E-state index is 12.4. The molecule has 0 unspecified atom stereocenters. The van der Waals surface area contributed by atoms with Crippen molar-refractivity contribution in [2.24, 2.45) is 0 Å². The Morgan fingerprint density at radius 1 is 1.23 bits per heavy atom. The normalized spacial score (nSPS) is 10.6. The minimum absolute atomic E-state index is 0.204. The number of ether oxygens (including phenoxy) is 1. The number of hydrogen-bond acceptors (Lipinski definition) is 3. The van der Waals surface area contributed by atoms with Crippen LogP contribution in [0.5, 0.6) is 5.75 Å². The molecule has 0 saturated carbocycles. The second-order valence-electron chi connectivity index (χ2n) is 4.92. The smallest absolute Gasteiger partial charge is 0.270 e. The van der Waals surface area contributed by atoms with Crippen molar-refractivity contribution in [3.63, 3.8) is 0 Å². The fourth-order valence-corrected chi connectivity index (χ4v) is 2.17. The van der Waals surface area contributed by atoms with Crippen molar-refractivity contribution in [2.75, 3.05) is 12.0 Å². The van der Waals surface area contributed by atoms with Crippen molar-refractivity contribution in [3.05, 3.63) is 60.4 Å². The number of amides is 1. The van der Waals surface area contributed by atoms with E-state index in [-0.39, 0.29) is 5.91 Å². The van der Waals surface area contributed by atoms with Gasteiger partial charge in [0.2, 0.25) is 0 Å². The molecule has 0 aliphatic rings. The van der Waals surface area contributed by atoms with Crippen LogP contribution in [-0.2, 0) is 0 Å². The summed E-state index contributed by atoms with van der Waals surface area (Å²) in [6, 6.07) is 14.8. The number of hydrogen-bond donors (Lipinski definition) is 1. The van der Waals surface area contributed by atoms with Gasteiger partial charge in [0.1, 0.15) is 12.1 Å². The van der Waals surface area contributed by atoms with Gasteiger partial charge in [-0.2, -0.15) is 0 Å². The predicted molar refractivity (Wildman–Crippen MR) is 85.7 cm³/mol. The zero-order valence-electron chi connectivity index (χ0n) is 12.3. The van der Waals surface area contributed by atoms with Gasteiger partial charge in [-0.15, -0.1) is 0 Å². The van der Waals surface area contributed by atoms with Gasteiger partial charge in [-0.3, -0.25) is 10.2 Å². The molecule has 5 heteroatoms. The molecule has 2 aromatic carbocycles. The summed E-state index contributed by atoms with van der Waals surface area (Å²) in [6.45, 7) is 2.68. The van der Waals surface area contributed by atoms with Crippen molar-refractivity contribution in [2.45, 2.75) is 13.3 Å². The Kier molecular flexibility index (Phi) is 4.05. The zero-order valence-corrected chi connectivity index (χ0v) is 12.3. The summed E-state index contributed by atoms with van der Waals surface area (Å²) in [4.78, 5) is 16.6. The van der Waals surface area contributed by atoms with Crippen LogP contribution in [0.15, 0.2) is 54.9 Å². The van der Waals surface area contributed by atoms with Gasteiger partial charge >= 0.3 is 0 Å². The molecule has 0 atom stereocenters. The molecule has 112 valence electrons. The SMILES string of the molecule is CCCOc1cccc(C(=O)Nn2cnc3ccccc32)c1. The third-order valence-electron chi connectivity index (χ3n) is 3.24. The molecule has 0 radical (unpaired) electrons. The lowest BCUT2D eigenvalue weighted by Crippen LogP contribution is -2.22. The number of benzene rings is 2. The number of para-hydroxylation sites is 2. The average molecular weight is 295 g/mol. The first-order valence-corrected chi connectivity index (χ1v) is 7.24. The van der Waals surface area contributed by atoms with E-state index < -0.39 is 0 Å². The highest BCUT2D eigenvalue weighted by Crippen LogP contribution is 2.15. The number of carbonyl (C=O) groups excluding carboxylic acids is 1. The van der Waals surface area contributed by atoms with Crippen LogP contribution in [-0.4, -0.2) is 22.2 Å². The number of rotatable bonds is 5. The highest BCUT2D eigenvalue weighted by atomic mass is 16.5. The topological polar surface area (TPSA) is 56.1 Å². The third-order valence-corrected chi connectivity index (χ3v) is 3.24. The van der Waals surface area contributed by atoms with E-state index in [9.17, 15) is 4.79 Å². The molecule has 1 heterocycles. The molecular formula is C17H17N3O2. The molecule has 5 nitrogen and oxygen atoms in total. The maximum absolute atomic E-state index is 12.4. The molecule has 3 aromatic rings. The first-order chi connectivity index (χ1) is 10.8. The molecule has 0 saturated heterocycles. The maximum Gasteiger partial charge on any atom is 0.270 e. The molecule has 0 spiro atoms. The fourth-order valence-electron chi connectivity index (χ4n) is 2.17. The van der Waals surface area contributed by atoms with Gasteiger partial charge in [-0.25, -0.2) is 9.66 Å².